The van der Waals surface area contributed by atoms with Gasteiger partial charge in [-0.15, -0.1) is 23.5 Å². The molecule has 0 heterocycles. The Labute approximate surface area is 163 Å². The van der Waals surface area contributed by atoms with Crippen molar-refractivity contribution in [3.63, 3.8) is 0 Å². The molecule has 0 bridgehead atoms. The Morgan fingerprint density at radius 3 is 2.35 bits per heavy atom. The summed E-state index contributed by atoms with van der Waals surface area (Å²) >= 11 is 3.11. The van der Waals surface area contributed by atoms with E-state index in [9.17, 15) is 9.59 Å². The van der Waals surface area contributed by atoms with E-state index in [1.807, 2.05) is 49.4 Å². The molecular weight excluding hydrogens is 364 g/mol. The van der Waals surface area contributed by atoms with E-state index in [1.54, 1.807) is 11.8 Å². The first-order chi connectivity index (χ1) is 12.6. The zero-order chi connectivity index (χ0) is 18.6. The summed E-state index contributed by atoms with van der Waals surface area (Å²) in [5, 5.41) is 5.72. The van der Waals surface area contributed by atoms with Gasteiger partial charge in [-0.1, -0.05) is 35.9 Å². The molecule has 0 fully saturated rings. The van der Waals surface area contributed by atoms with E-state index in [0.29, 0.717) is 12.3 Å². The quantitative estimate of drug-likeness (QED) is 0.478. The van der Waals surface area contributed by atoms with Crippen molar-refractivity contribution in [2.24, 2.45) is 0 Å². The van der Waals surface area contributed by atoms with Crippen LogP contribution in [-0.4, -0.2) is 35.6 Å². The second-order valence-electron chi connectivity index (χ2n) is 5.77. The first-order valence-corrected chi connectivity index (χ1v) is 10.7. The molecule has 0 radical (unpaired) electrons. The van der Waals surface area contributed by atoms with Gasteiger partial charge < -0.3 is 10.6 Å². The minimum absolute atomic E-state index is 0.0251. The second-order valence-corrected chi connectivity index (χ2v) is 7.93. The van der Waals surface area contributed by atoms with E-state index in [2.05, 4.69) is 22.8 Å². The highest BCUT2D eigenvalue weighted by molar-refractivity contribution is 8.00. The van der Waals surface area contributed by atoms with Gasteiger partial charge in [-0.3, -0.25) is 9.59 Å². The van der Waals surface area contributed by atoms with Crippen molar-refractivity contribution in [3.8, 4) is 0 Å². The summed E-state index contributed by atoms with van der Waals surface area (Å²) in [5.74, 6) is 1.42. The summed E-state index contributed by atoms with van der Waals surface area (Å²) in [6.45, 7) is 2.66. The lowest BCUT2D eigenvalue weighted by molar-refractivity contribution is -0.118. The molecule has 2 rings (SSSR count). The van der Waals surface area contributed by atoms with E-state index in [-0.39, 0.29) is 17.6 Å². The van der Waals surface area contributed by atoms with Crippen LogP contribution in [0.15, 0.2) is 59.5 Å². The van der Waals surface area contributed by atoms with Crippen LogP contribution < -0.4 is 10.6 Å². The lowest BCUT2D eigenvalue weighted by atomic mass is 10.2. The van der Waals surface area contributed by atoms with E-state index in [4.69, 9.17) is 0 Å². The van der Waals surface area contributed by atoms with Crippen LogP contribution in [0.2, 0.25) is 0 Å². The number of aryl methyl sites for hydroxylation is 1. The summed E-state index contributed by atoms with van der Waals surface area (Å²) in [4.78, 5) is 24.9. The fourth-order valence-corrected chi connectivity index (χ4v) is 3.65. The van der Waals surface area contributed by atoms with Crippen LogP contribution in [0.1, 0.15) is 12.0 Å². The molecule has 6 heteroatoms. The number of hydrogen-bond acceptors (Lipinski definition) is 4. The Kier molecular flexibility index (Phi) is 9.14. The number of anilines is 1. The van der Waals surface area contributed by atoms with Gasteiger partial charge in [-0.25, -0.2) is 0 Å². The molecule has 26 heavy (non-hydrogen) atoms. The molecular formula is C20H24N2O2S2. The number of thioether (sulfide) groups is 2. The predicted octanol–water partition coefficient (Wildman–Crippen LogP) is 3.97. The molecule has 2 aromatic rings. The van der Waals surface area contributed by atoms with Crippen molar-refractivity contribution < 1.29 is 9.59 Å². The van der Waals surface area contributed by atoms with Crippen LogP contribution in [0.4, 0.5) is 5.69 Å². The average molecular weight is 389 g/mol. The summed E-state index contributed by atoms with van der Waals surface area (Å²) in [7, 11) is 0. The minimum Gasteiger partial charge on any atom is -0.355 e. The summed E-state index contributed by atoms with van der Waals surface area (Å²) < 4.78 is 0. The van der Waals surface area contributed by atoms with Gasteiger partial charge >= 0.3 is 0 Å². The molecule has 2 N–H and O–H groups in total. The Balaban J connectivity index is 1.50. The fraction of sp³-hybridized carbons (Fsp3) is 0.300. The Morgan fingerprint density at radius 1 is 0.923 bits per heavy atom. The van der Waals surface area contributed by atoms with Crippen molar-refractivity contribution >= 4 is 41.0 Å². The van der Waals surface area contributed by atoms with Gasteiger partial charge in [-0.2, -0.15) is 0 Å². The largest absolute Gasteiger partial charge is 0.355 e. The van der Waals surface area contributed by atoms with Crippen LogP contribution in [0.5, 0.6) is 0 Å². The SMILES string of the molecule is Cc1ccc(NC(=O)CSCC(=O)NCCCSc2ccccc2)cc1. The number of carbonyl (C=O) groups excluding carboxylic acids is 2. The third-order valence-electron chi connectivity index (χ3n) is 3.46. The van der Waals surface area contributed by atoms with Gasteiger partial charge in [0.25, 0.3) is 0 Å². The van der Waals surface area contributed by atoms with Crippen molar-refractivity contribution in [1.82, 2.24) is 5.32 Å². The molecule has 2 aromatic carbocycles. The molecule has 2 amide bonds. The molecule has 4 nitrogen and oxygen atoms in total. The number of rotatable bonds is 10. The lowest BCUT2D eigenvalue weighted by Crippen LogP contribution is -2.27. The Bertz CT molecular complexity index is 691. The standard InChI is InChI=1S/C20H24N2O2S2/c1-16-8-10-17(11-9-16)22-20(24)15-25-14-19(23)21-12-5-13-26-18-6-3-2-4-7-18/h2-4,6-11H,5,12-15H2,1H3,(H,21,23)(H,22,24). The van der Waals surface area contributed by atoms with Crippen LogP contribution >= 0.6 is 23.5 Å². The van der Waals surface area contributed by atoms with Gasteiger partial charge in [0.05, 0.1) is 11.5 Å². The van der Waals surface area contributed by atoms with Gasteiger partial charge in [-0.05, 0) is 43.4 Å². The third-order valence-corrected chi connectivity index (χ3v) is 5.49. The first-order valence-electron chi connectivity index (χ1n) is 8.52. The van der Waals surface area contributed by atoms with Crippen LogP contribution in [0, 0.1) is 6.92 Å². The topological polar surface area (TPSA) is 58.2 Å². The Hall–Kier alpha value is -1.92. The predicted molar refractivity (Wildman–Crippen MR) is 112 cm³/mol. The summed E-state index contributed by atoms with van der Waals surface area (Å²) in [6.07, 6.45) is 0.921. The smallest absolute Gasteiger partial charge is 0.234 e. The molecule has 0 saturated heterocycles. The third kappa shape index (κ3) is 8.45. The normalized spacial score (nSPS) is 10.3. The van der Waals surface area contributed by atoms with E-state index < -0.39 is 0 Å². The number of hydrogen-bond donors (Lipinski definition) is 2. The average Bonchev–Trinajstić information content (AvgIpc) is 2.64. The molecule has 0 spiro atoms. The van der Waals surface area contributed by atoms with Gasteiger partial charge in [0.15, 0.2) is 0 Å². The first kappa shape index (κ1) is 20.4. The molecule has 138 valence electrons. The molecule has 0 aromatic heterocycles. The summed E-state index contributed by atoms with van der Waals surface area (Å²) in [5.41, 5.74) is 1.93. The van der Waals surface area contributed by atoms with Gasteiger partial charge in [0.2, 0.25) is 11.8 Å². The van der Waals surface area contributed by atoms with E-state index in [0.717, 1.165) is 23.4 Å². The van der Waals surface area contributed by atoms with Crippen LogP contribution in [-0.2, 0) is 9.59 Å². The molecule has 0 unspecified atom stereocenters. The lowest BCUT2D eigenvalue weighted by Gasteiger charge is -2.07. The molecule has 0 atom stereocenters. The van der Waals surface area contributed by atoms with Crippen molar-refractivity contribution in [2.45, 2.75) is 18.2 Å². The molecule has 0 saturated carbocycles. The molecule has 0 aliphatic rings. The fourth-order valence-electron chi connectivity index (χ4n) is 2.13. The summed E-state index contributed by atoms with van der Waals surface area (Å²) in [6, 6.07) is 17.9. The maximum Gasteiger partial charge on any atom is 0.234 e. The van der Waals surface area contributed by atoms with Crippen molar-refractivity contribution in [3.05, 3.63) is 60.2 Å². The number of carbonyl (C=O) groups is 2. The number of amides is 2. The van der Waals surface area contributed by atoms with Gasteiger partial charge in [0, 0.05) is 17.1 Å². The van der Waals surface area contributed by atoms with Crippen molar-refractivity contribution in [2.75, 3.05) is 29.1 Å². The number of nitrogens with one attached hydrogen (secondary N) is 2. The highest BCUT2D eigenvalue weighted by atomic mass is 32.2. The number of benzene rings is 2. The van der Waals surface area contributed by atoms with Crippen molar-refractivity contribution in [1.29, 1.82) is 0 Å². The maximum absolute atomic E-state index is 11.8. The molecule has 0 aliphatic heterocycles. The van der Waals surface area contributed by atoms with Gasteiger partial charge in [0.1, 0.15) is 0 Å². The zero-order valence-corrected chi connectivity index (χ0v) is 16.5. The van der Waals surface area contributed by atoms with Crippen LogP contribution in [0.3, 0.4) is 0 Å². The molecule has 0 aliphatic carbocycles. The maximum atomic E-state index is 11.8. The van der Waals surface area contributed by atoms with Crippen LogP contribution in [0.25, 0.3) is 0 Å². The zero-order valence-electron chi connectivity index (χ0n) is 14.9. The second kappa shape index (κ2) is 11.6. The van der Waals surface area contributed by atoms with E-state index in [1.165, 1.54) is 16.7 Å². The monoisotopic (exact) mass is 388 g/mol. The van der Waals surface area contributed by atoms with E-state index >= 15 is 0 Å². The highest BCUT2D eigenvalue weighted by Gasteiger charge is 2.06. The highest BCUT2D eigenvalue weighted by Crippen LogP contribution is 2.17. The minimum atomic E-state index is -0.0917. The Morgan fingerprint density at radius 2 is 1.62 bits per heavy atom.